The minimum absolute atomic E-state index is 0.0714. The molecular formula is C32H32N8O2. The molecule has 1 aromatic carbocycles. The molecule has 1 aliphatic heterocycles. The highest BCUT2D eigenvalue weighted by Crippen LogP contribution is 2.32. The molecule has 2 aliphatic rings. The van der Waals surface area contributed by atoms with Gasteiger partial charge in [0.25, 0.3) is 5.56 Å². The number of ether oxygens (including phenoxy) is 1. The van der Waals surface area contributed by atoms with E-state index in [1.54, 1.807) is 35.6 Å². The van der Waals surface area contributed by atoms with E-state index in [2.05, 4.69) is 44.3 Å². The van der Waals surface area contributed by atoms with Crippen molar-refractivity contribution in [1.82, 2.24) is 34.4 Å². The summed E-state index contributed by atoms with van der Waals surface area (Å²) in [5, 5.41) is 4.11. The van der Waals surface area contributed by atoms with Crippen LogP contribution in [0.5, 0.6) is 0 Å². The maximum Gasteiger partial charge on any atom is 0.261 e. The van der Waals surface area contributed by atoms with Gasteiger partial charge in [-0.05, 0) is 68.1 Å². The summed E-state index contributed by atoms with van der Waals surface area (Å²) in [6.07, 6.45) is 10.8. The van der Waals surface area contributed by atoms with E-state index in [1.165, 1.54) is 0 Å². The van der Waals surface area contributed by atoms with Crippen molar-refractivity contribution < 1.29 is 4.74 Å². The van der Waals surface area contributed by atoms with E-state index < -0.39 is 0 Å². The van der Waals surface area contributed by atoms with Crippen molar-refractivity contribution in [2.75, 3.05) is 32.1 Å². The smallest absolute Gasteiger partial charge is 0.261 e. The second-order valence-electron chi connectivity index (χ2n) is 11.2. The zero-order valence-electron chi connectivity index (χ0n) is 23.7. The van der Waals surface area contributed by atoms with Crippen LogP contribution in [0.15, 0.2) is 72.2 Å². The Morgan fingerprint density at radius 2 is 1.88 bits per heavy atom. The third-order valence-corrected chi connectivity index (χ3v) is 7.97. The van der Waals surface area contributed by atoms with E-state index >= 15 is 0 Å². The first-order valence-corrected chi connectivity index (χ1v) is 14.3. The Bertz CT molecular complexity index is 1800. The molecule has 10 nitrogen and oxygen atoms in total. The van der Waals surface area contributed by atoms with Crippen molar-refractivity contribution in [2.24, 2.45) is 5.92 Å². The summed E-state index contributed by atoms with van der Waals surface area (Å²) < 4.78 is 7.75. The molecule has 7 rings (SSSR count). The van der Waals surface area contributed by atoms with Crippen molar-refractivity contribution in [2.45, 2.75) is 32.4 Å². The summed E-state index contributed by atoms with van der Waals surface area (Å²) in [7, 11) is 2.11. The van der Waals surface area contributed by atoms with Crippen LogP contribution in [0, 0.1) is 12.8 Å². The summed E-state index contributed by atoms with van der Waals surface area (Å²) in [4.78, 5) is 38.9. The average molecular weight is 561 g/mol. The molecule has 10 heteroatoms. The van der Waals surface area contributed by atoms with E-state index in [0.29, 0.717) is 35.3 Å². The Hall–Kier alpha value is -4.54. The van der Waals surface area contributed by atoms with Crippen molar-refractivity contribution in [3.63, 3.8) is 0 Å². The van der Waals surface area contributed by atoms with Gasteiger partial charge in [-0.15, -0.1) is 0 Å². The number of fused-ring (bicyclic) bond motifs is 1. The van der Waals surface area contributed by atoms with Gasteiger partial charge < -0.3 is 15.0 Å². The van der Waals surface area contributed by atoms with Crippen LogP contribution in [0.3, 0.4) is 0 Å². The molecule has 1 saturated carbocycles. The lowest BCUT2D eigenvalue weighted by atomic mass is 10.0. The van der Waals surface area contributed by atoms with E-state index in [-0.39, 0.29) is 11.7 Å². The molecule has 1 N–H and O–H groups in total. The molecule has 42 heavy (non-hydrogen) atoms. The normalized spacial score (nSPS) is 17.4. The summed E-state index contributed by atoms with van der Waals surface area (Å²) in [6.45, 7) is 5.16. The van der Waals surface area contributed by atoms with E-state index in [4.69, 9.17) is 14.7 Å². The minimum atomic E-state index is -0.0938. The molecule has 1 saturated heterocycles. The standard InChI is InChI=1S/C32H32N8O2/c1-20-13-23(27-17-33-9-10-34-27)15-35-29(20)26-14-24-16-36-32(38-30(24)40(31(26)41)18-21-3-4-21)37-25-7-5-22(6-8-25)28-19-39(2)11-12-42-28/h5-10,13-17,21,28H,3-4,11-12,18-19H2,1-2H3,(H,36,37,38). The molecule has 212 valence electrons. The molecule has 1 unspecified atom stereocenters. The fraction of sp³-hybridized carbons (Fsp3) is 0.312. The number of hydrogen-bond acceptors (Lipinski definition) is 9. The van der Waals surface area contributed by atoms with Crippen LogP contribution in [0.1, 0.15) is 30.1 Å². The quantitative estimate of drug-likeness (QED) is 0.301. The lowest BCUT2D eigenvalue weighted by Gasteiger charge is -2.30. The highest BCUT2D eigenvalue weighted by atomic mass is 16.5. The predicted molar refractivity (Wildman–Crippen MR) is 161 cm³/mol. The third kappa shape index (κ3) is 5.38. The highest BCUT2D eigenvalue weighted by molar-refractivity contribution is 5.82. The van der Waals surface area contributed by atoms with Crippen LogP contribution < -0.4 is 10.9 Å². The number of hydrogen-bond donors (Lipinski definition) is 1. The largest absolute Gasteiger partial charge is 0.371 e. The number of aromatic nitrogens is 6. The van der Waals surface area contributed by atoms with Crippen molar-refractivity contribution >= 4 is 22.7 Å². The zero-order chi connectivity index (χ0) is 28.6. The van der Waals surface area contributed by atoms with Crippen molar-refractivity contribution in [1.29, 1.82) is 0 Å². The molecule has 0 radical (unpaired) electrons. The van der Waals surface area contributed by atoms with Gasteiger partial charge in [0.1, 0.15) is 5.65 Å². The SMILES string of the molecule is Cc1cc(-c2cnccn2)cnc1-c1cc2cnc(Nc3ccc(C4CN(C)CCO4)cc3)nc2n(CC2CC2)c1=O. The van der Waals surface area contributed by atoms with Crippen LogP contribution in [-0.4, -0.2) is 61.1 Å². The second-order valence-corrected chi connectivity index (χ2v) is 11.2. The Labute approximate surface area is 243 Å². The topological polar surface area (TPSA) is 111 Å². The average Bonchev–Trinajstić information content (AvgIpc) is 3.84. The number of benzene rings is 1. The molecule has 4 aromatic heterocycles. The maximum absolute atomic E-state index is 13.9. The second kappa shape index (κ2) is 11.0. The fourth-order valence-electron chi connectivity index (χ4n) is 5.45. The van der Waals surface area contributed by atoms with Crippen LogP contribution in [-0.2, 0) is 11.3 Å². The Balaban J connectivity index is 1.21. The number of aryl methyl sites for hydroxylation is 1. The number of pyridine rings is 2. The van der Waals surface area contributed by atoms with E-state index in [0.717, 1.165) is 66.0 Å². The van der Waals surface area contributed by atoms with Gasteiger partial charge in [-0.25, -0.2) is 4.98 Å². The summed E-state index contributed by atoms with van der Waals surface area (Å²) in [5.41, 5.74) is 6.22. The fourth-order valence-corrected chi connectivity index (χ4v) is 5.45. The number of nitrogens with one attached hydrogen (secondary N) is 1. The Morgan fingerprint density at radius 3 is 2.62 bits per heavy atom. The predicted octanol–water partition coefficient (Wildman–Crippen LogP) is 4.78. The maximum atomic E-state index is 13.9. The van der Waals surface area contributed by atoms with Crippen LogP contribution in [0.2, 0.25) is 0 Å². The monoisotopic (exact) mass is 560 g/mol. The first kappa shape index (κ1) is 26.4. The molecule has 0 bridgehead atoms. The van der Waals surface area contributed by atoms with E-state index in [9.17, 15) is 4.79 Å². The Kier molecular flexibility index (Phi) is 6.93. The van der Waals surface area contributed by atoms with Gasteiger partial charge in [-0.1, -0.05) is 12.1 Å². The molecule has 1 aliphatic carbocycles. The molecule has 0 spiro atoms. The van der Waals surface area contributed by atoms with Crippen LogP contribution in [0.25, 0.3) is 33.5 Å². The van der Waals surface area contributed by atoms with Gasteiger partial charge in [0.05, 0.1) is 35.9 Å². The van der Waals surface area contributed by atoms with Crippen LogP contribution >= 0.6 is 0 Å². The molecular weight excluding hydrogens is 528 g/mol. The van der Waals surface area contributed by atoms with Crippen LogP contribution in [0.4, 0.5) is 11.6 Å². The molecule has 0 amide bonds. The Morgan fingerprint density at radius 1 is 1.02 bits per heavy atom. The number of rotatable bonds is 7. The first-order valence-electron chi connectivity index (χ1n) is 14.3. The van der Waals surface area contributed by atoms with Crippen molar-refractivity contribution in [3.8, 4) is 22.5 Å². The van der Waals surface area contributed by atoms with Gasteiger partial charge in [0.15, 0.2) is 0 Å². The number of morpholine rings is 1. The summed E-state index contributed by atoms with van der Waals surface area (Å²) >= 11 is 0. The lowest BCUT2D eigenvalue weighted by Crippen LogP contribution is -2.35. The van der Waals surface area contributed by atoms with Gasteiger partial charge in [0, 0.05) is 61.1 Å². The zero-order valence-corrected chi connectivity index (χ0v) is 23.7. The number of likely N-dealkylation sites (N-methyl/N-ethyl adjacent to an activating group) is 1. The van der Waals surface area contributed by atoms with Gasteiger partial charge in [-0.3, -0.25) is 24.3 Å². The third-order valence-electron chi connectivity index (χ3n) is 7.97. The molecule has 2 fully saturated rings. The van der Waals surface area contributed by atoms with Gasteiger partial charge in [0.2, 0.25) is 5.95 Å². The highest BCUT2D eigenvalue weighted by Gasteiger charge is 2.25. The first-order chi connectivity index (χ1) is 20.5. The van der Waals surface area contributed by atoms with Gasteiger partial charge >= 0.3 is 0 Å². The molecule has 5 heterocycles. The lowest BCUT2D eigenvalue weighted by molar-refractivity contribution is -0.0208. The number of anilines is 2. The van der Waals surface area contributed by atoms with Gasteiger partial charge in [-0.2, -0.15) is 4.98 Å². The minimum Gasteiger partial charge on any atom is -0.371 e. The molecule has 5 aromatic rings. The van der Waals surface area contributed by atoms with Crippen molar-refractivity contribution in [3.05, 3.63) is 88.9 Å². The number of nitrogens with zero attached hydrogens (tertiary/aromatic N) is 7. The summed E-state index contributed by atoms with van der Waals surface area (Å²) in [5.74, 6) is 0.928. The molecule has 1 atom stereocenters. The summed E-state index contributed by atoms with van der Waals surface area (Å²) in [6, 6.07) is 12.0. The van der Waals surface area contributed by atoms with E-state index in [1.807, 2.05) is 31.2 Å².